The molecule has 168 valence electrons. The van der Waals surface area contributed by atoms with Crippen LogP contribution in [0.2, 0.25) is 0 Å². The fraction of sp³-hybridized carbons (Fsp3) is 0.120. The molecule has 0 radical (unpaired) electrons. The summed E-state index contributed by atoms with van der Waals surface area (Å²) in [7, 11) is -0.621. The standard InChI is InChI=1S/C25H22N2O5S/c1-16-4-13-23-21(14-16)22(28)15-24(32-23)17-5-7-18(8-6-17)25(29)26-19-9-11-20(12-10-19)33(30,31)27(2)3/h4-15H,1-3H3,(H,26,29). The van der Waals surface area contributed by atoms with Gasteiger partial charge >= 0.3 is 0 Å². The molecule has 1 amide bonds. The summed E-state index contributed by atoms with van der Waals surface area (Å²) < 4.78 is 31.3. The van der Waals surface area contributed by atoms with E-state index in [0.717, 1.165) is 9.87 Å². The van der Waals surface area contributed by atoms with E-state index in [0.29, 0.717) is 33.5 Å². The van der Waals surface area contributed by atoms with E-state index in [1.807, 2.05) is 13.0 Å². The first-order valence-electron chi connectivity index (χ1n) is 10.1. The smallest absolute Gasteiger partial charge is 0.255 e. The molecule has 0 saturated carbocycles. The fourth-order valence-corrected chi connectivity index (χ4v) is 4.22. The third-order valence-corrected chi connectivity index (χ3v) is 7.03. The number of sulfonamides is 1. The number of nitrogens with one attached hydrogen (secondary N) is 1. The summed E-state index contributed by atoms with van der Waals surface area (Å²) in [5, 5.41) is 3.27. The topological polar surface area (TPSA) is 96.7 Å². The van der Waals surface area contributed by atoms with Gasteiger partial charge in [0.15, 0.2) is 5.43 Å². The van der Waals surface area contributed by atoms with E-state index in [2.05, 4.69) is 5.32 Å². The summed E-state index contributed by atoms with van der Waals surface area (Å²) in [6.07, 6.45) is 0. The fourth-order valence-electron chi connectivity index (χ4n) is 3.32. The van der Waals surface area contributed by atoms with Crippen molar-refractivity contribution in [2.24, 2.45) is 0 Å². The number of fused-ring (bicyclic) bond motifs is 1. The first kappa shape index (κ1) is 22.4. The molecule has 3 aromatic carbocycles. The second kappa shape index (κ2) is 8.65. The Balaban J connectivity index is 1.53. The Kier molecular flexibility index (Phi) is 5.88. The second-order valence-electron chi connectivity index (χ2n) is 7.82. The molecule has 1 aromatic heterocycles. The summed E-state index contributed by atoms with van der Waals surface area (Å²) in [6, 6.07) is 19.5. The van der Waals surface area contributed by atoms with E-state index in [4.69, 9.17) is 4.42 Å². The van der Waals surface area contributed by atoms with Crippen LogP contribution in [-0.2, 0) is 10.0 Å². The van der Waals surface area contributed by atoms with Crippen molar-refractivity contribution in [1.29, 1.82) is 0 Å². The van der Waals surface area contributed by atoms with Gasteiger partial charge in [-0.3, -0.25) is 9.59 Å². The van der Waals surface area contributed by atoms with Crippen molar-refractivity contribution >= 4 is 32.6 Å². The molecule has 8 heteroatoms. The van der Waals surface area contributed by atoms with Gasteiger partial charge in [0, 0.05) is 37.0 Å². The lowest BCUT2D eigenvalue weighted by atomic mass is 10.1. The van der Waals surface area contributed by atoms with E-state index < -0.39 is 10.0 Å². The van der Waals surface area contributed by atoms with Crippen molar-refractivity contribution < 1.29 is 17.6 Å². The summed E-state index contributed by atoms with van der Waals surface area (Å²) >= 11 is 0. The van der Waals surface area contributed by atoms with Gasteiger partial charge in [-0.15, -0.1) is 0 Å². The lowest BCUT2D eigenvalue weighted by Crippen LogP contribution is -2.22. The molecule has 4 rings (SSSR count). The van der Waals surface area contributed by atoms with Crippen LogP contribution in [0.4, 0.5) is 5.69 Å². The first-order valence-corrected chi connectivity index (χ1v) is 11.6. The molecule has 0 aliphatic rings. The Morgan fingerprint density at radius 2 is 1.58 bits per heavy atom. The van der Waals surface area contributed by atoms with Crippen LogP contribution in [0.3, 0.4) is 0 Å². The zero-order valence-electron chi connectivity index (χ0n) is 18.3. The maximum atomic E-state index is 12.6. The van der Waals surface area contributed by atoms with Gasteiger partial charge < -0.3 is 9.73 Å². The maximum Gasteiger partial charge on any atom is 0.255 e. The van der Waals surface area contributed by atoms with Gasteiger partial charge in [0.2, 0.25) is 10.0 Å². The number of carbonyl (C=O) groups is 1. The van der Waals surface area contributed by atoms with Gasteiger partial charge in [0.25, 0.3) is 5.91 Å². The molecule has 0 fully saturated rings. The lowest BCUT2D eigenvalue weighted by molar-refractivity contribution is 0.102. The number of carbonyl (C=O) groups excluding carboxylic acids is 1. The molecule has 0 spiro atoms. The highest BCUT2D eigenvalue weighted by Crippen LogP contribution is 2.24. The Morgan fingerprint density at radius 1 is 0.909 bits per heavy atom. The van der Waals surface area contributed by atoms with Crippen LogP contribution in [0, 0.1) is 6.92 Å². The van der Waals surface area contributed by atoms with Crippen LogP contribution >= 0.6 is 0 Å². The summed E-state index contributed by atoms with van der Waals surface area (Å²) in [6.45, 7) is 1.91. The van der Waals surface area contributed by atoms with Crippen LogP contribution in [-0.4, -0.2) is 32.7 Å². The Bertz CT molecular complexity index is 1500. The van der Waals surface area contributed by atoms with Crippen molar-refractivity contribution in [3.63, 3.8) is 0 Å². The average Bonchev–Trinajstić information content (AvgIpc) is 2.80. The quantitative estimate of drug-likeness (QED) is 0.478. The van der Waals surface area contributed by atoms with E-state index in [1.54, 1.807) is 36.4 Å². The predicted octanol–water partition coefficient (Wildman–Crippen LogP) is 4.27. The average molecular weight is 463 g/mol. The van der Waals surface area contributed by atoms with E-state index in [9.17, 15) is 18.0 Å². The number of benzene rings is 3. The van der Waals surface area contributed by atoms with E-state index >= 15 is 0 Å². The van der Waals surface area contributed by atoms with Gasteiger partial charge in [-0.1, -0.05) is 23.8 Å². The van der Waals surface area contributed by atoms with Crippen LogP contribution in [0.25, 0.3) is 22.3 Å². The van der Waals surface area contributed by atoms with E-state index in [1.165, 1.54) is 44.4 Å². The summed E-state index contributed by atoms with van der Waals surface area (Å²) in [4.78, 5) is 25.2. The molecule has 0 bridgehead atoms. The number of hydrogen-bond acceptors (Lipinski definition) is 5. The number of anilines is 1. The third kappa shape index (κ3) is 4.57. The highest BCUT2D eigenvalue weighted by molar-refractivity contribution is 7.89. The molecular weight excluding hydrogens is 440 g/mol. The van der Waals surface area contributed by atoms with Gasteiger partial charge in [0.05, 0.1) is 10.3 Å². The van der Waals surface area contributed by atoms with Gasteiger partial charge in [-0.2, -0.15) is 0 Å². The Hall–Kier alpha value is -3.75. The highest BCUT2D eigenvalue weighted by Gasteiger charge is 2.17. The number of rotatable bonds is 5. The van der Waals surface area contributed by atoms with Gasteiger partial charge in [-0.25, -0.2) is 12.7 Å². The first-order chi connectivity index (χ1) is 15.6. The number of amides is 1. The van der Waals surface area contributed by atoms with Crippen molar-refractivity contribution in [2.75, 3.05) is 19.4 Å². The molecule has 0 aliphatic heterocycles. The summed E-state index contributed by atoms with van der Waals surface area (Å²) in [5.74, 6) is 0.0706. The van der Waals surface area contributed by atoms with Gasteiger partial charge in [0.1, 0.15) is 11.3 Å². The zero-order chi connectivity index (χ0) is 23.8. The third-order valence-electron chi connectivity index (χ3n) is 5.20. The molecule has 33 heavy (non-hydrogen) atoms. The highest BCUT2D eigenvalue weighted by atomic mass is 32.2. The minimum Gasteiger partial charge on any atom is -0.456 e. The van der Waals surface area contributed by atoms with Crippen LogP contribution in [0.5, 0.6) is 0 Å². The second-order valence-corrected chi connectivity index (χ2v) is 9.97. The van der Waals surface area contributed by atoms with Crippen LogP contribution < -0.4 is 10.7 Å². The SMILES string of the molecule is Cc1ccc2oc(-c3ccc(C(=O)Nc4ccc(S(=O)(=O)N(C)C)cc4)cc3)cc(=O)c2c1. The largest absolute Gasteiger partial charge is 0.456 e. The van der Waals surface area contributed by atoms with E-state index in [-0.39, 0.29) is 16.2 Å². The molecule has 0 atom stereocenters. The molecule has 0 aliphatic carbocycles. The zero-order valence-corrected chi connectivity index (χ0v) is 19.1. The molecule has 1 heterocycles. The number of nitrogens with zero attached hydrogens (tertiary/aromatic N) is 1. The van der Waals surface area contributed by atoms with Gasteiger partial charge in [-0.05, 0) is 55.5 Å². The molecule has 1 N–H and O–H groups in total. The van der Waals surface area contributed by atoms with Crippen LogP contribution in [0.1, 0.15) is 15.9 Å². The number of hydrogen-bond donors (Lipinski definition) is 1. The summed E-state index contributed by atoms with van der Waals surface area (Å²) in [5.41, 5.74) is 2.90. The Labute approximate surface area is 191 Å². The normalized spacial score (nSPS) is 11.6. The van der Waals surface area contributed by atoms with Crippen molar-refractivity contribution in [3.8, 4) is 11.3 Å². The lowest BCUT2D eigenvalue weighted by Gasteiger charge is -2.12. The molecule has 0 saturated heterocycles. The molecule has 4 aromatic rings. The predicted molar refractivity (Wildman–Crippen MR) is 128 cm³/mol. The van der Waals surface area contributed by atoms with Crippen molar-refractivity contribution in [3.05, 3.63) is 94.1 Å². The molecular formula is C25H22N2O5S. The minimum atomic E-state index is -3.54. The molecule has 0 unspecified atom stereocenters. The monoisotopic (exact) mass is 462 g/mol. The van der Waals surface area contributed by atoms with Crippen LogP contribution in [0.15, 0.2) is 86.9 Å². The molecule has 7 nitrogen and oxygen atoms in total. The minimum absolute atomic E-state index is 0.128. The maximum absolute atomic E-state index is 12.6. The Morgan fingerprint density at radius 3 is 2.21 bits per heavy atom. The number of aryl methyl sites for hydroxylation is 1. The van der Waals surface area contributed by atoms with Crippen molar-refractivity contribution in [1.82, 2.24) is 4.31 Å². The van der Waals surface area contributed by atoms with Crippen molar-refractivity contribution in [2.45, 2.75) is 11.8 Å².